The molecule has 0 saturated heterocycles. The van der Waals surface area contributed by atoms with E-state index < -0.39 is 17.1 Å². The molecular weight excluding hydrogens is 460 g/mol. The standard InChI is InChI=1S/C10H12N2O5.C10H14N2O3.ClH/c1-11(10(13)17-3)8-6-7(12(14)15)4-5-9(8)16-2;1-12(10(13)15-3)8-6-7(11)4-5-9(8)14-2;/h4-6H,1-3H3;4-6H,11H2,1-3H3;1H. The van der Waals surface area contributed by atoms with Crippen LogP contribution in [0.5, 0.6) is 11.5 Å². The predicted octanol–water partition coefficient (Wildman–Crippen LogP) is -0.419. The van der Waals surface area contributed by atoms with Crippen molar-refractivity contribution in [2.75, 3.05) is 52.3 Å². The van der Waals surface area contributed by atoms with Crippen LogP contribution in [-0.2, 0) is 9.47 Å². The van der Waals surface area contributed by atoms with E-state index in [1.807, 2.05) is 6.07 Å². The molecule has 0 aliphatic rings. The lowest BCUT2D eigenvalue weighted by atomic mass is 10.2. The van der Waals surface area contributed by atoms with Crippen LogP contribution in [0.25, 0.3) is 0 Å². The smallest absolute Gasteiger partial charge is 0.413 e. The first kappa shape index (κ1) is 29.2. The summed E-state index contributed by atoms with van der Waals surface area (Å²) in [6.07, 6.45) is -1.08. The summed E-state index contributed by atoms with van der Waals surface area (Å²) in [6.45, 7) is 0. The summed E-state index contributed by atoms with van der Waals surface area (Å²) in [4.78, 5) is 35.3. The number of benzene rings is 2. The van der Waals surface area contributed by atoms with E-state index in [1.165, 1.54) is 51.5 Å². The van der Waals surface area contributed by atoms with Gasteiger partial charge < -0.3 is 37.1 Å². The first-order valence-electron chi connectivity index (χ1n) is 9.06. The van der Waals surface area contributed by atoms with Crippen LogP contribution in [0.1, 0.15) is 0 Å². The molecule has 0 bridgehead atoms. The molecule has 0 atom stereocenters. The van der Waals surface area contributed by atoms with Gasteiger partial charge in [0, 0.05) is 38.4 Å². The molecular formula is C20H27ClN4O8. The second-order valence-electron chi connectivity index (χ2n) is 6.18. The number of anilines is 2. The number of nitro benzene ring substituents is 1. The zero-order chi connectivity index (χ0) is 24.4. The quantitative estimate of drug-likeness (QED) is 0.442. The molecule has 0 fully saturated rings. The lowest BCUT2D eigenvalue weighted by Crippen LogP contribution is -3.00. The van der Waals surface area contributed by atoms with Gasteiger partial charge in [-0.25, -0.2) is 9.59 Å². The zero-order valence-electron chi connectivity index (χ0n) is 19.2. The highest BCUT2D eigenvalue weighted by Gasteiger charge is 2.19. The van der Waals surface area contributed by atoms with E-state index in [2.05, 4.69) is 15.2 Å². The van der Waals surface area contributed by atoms with Crippen molar-refractivity contribution in [1.29, 1.82) is 0 Å². The maximum absolute atomic E-state index is 11.3. The SMILES string of the molecule is COC(=O)N(C)c1cc([N+](=O)[O-])ccc1OC.COC(=O)N(C)c1cc([NH3+])ccc1OC.[Cl-]. The summed E-state index contributed by atoms with van der Waals surface area (Å²) in [5.74, 6) is 0.957. The monoisotopic (exact) mass is 486 g/mol. The number of ether oxygens (including phenoxy) is 4. The van der Waals surface area contributed by atoms with Gasteiger partial charge in [-0.3, -0.25) is 19.9 Å². The Hall–Kier alpha value is -3.77. The molecule has 2 aromatic carbocycles. The Labute approximate surface area is 197 Å². The van der Waals surface area contributed by atoms with Gasteiger partial charge in [-0.15, -0.1) is 0 Å². The molecule has 0 aromatic heterocycles. The van der Waals surface area contributed by atoms with Crippen molar-refractivity contribution >= 4 is 34.9 Å². The molecule has 182 valence electrons. The topological polar surface area (TPSA) is 148 Å². The van der Waals surface area contributed by atoms with Crippen LogP contribution in [0.2, 0.25) is 0 Å². The number of rotatable bonds is 5. The lowest BCUT2D eigenvalue weighted by Gasteiger charge is -2.18. The first-order chi connectivity index (χ1) is 15.1. The molecule has 2 aromatic rings. The largest absolute Gasteiger partial charge is 1.00 e. The van der Waals surface area contributed by atoms with Crippen molar-refractivity contribution in [3.63, 3.8) is 0 Å². The number of amides is 2. The number of methoxy groups -OCH3 is 4. The van der Waals surface area contributed by atoms with Crippen molar-refractivity contribution in [1.82, 2.24) is 0 Å². The van der Waals surface area contributed by atoms with E-state index in [-0.39, 0.29) is 23.8 Å². The second-order valence-corrected chi connectivity index (χ2v) is 6.18. The van der Waals surface area contributed by atoms with Gasteiger partial charge in [-0.1, -0.05) is 0 Å². The number of halogens is 1. The highest BCUT2D eigenvalue weighted by molar-refractivity contribution is 5.90. The Kier molecular flexibility index (Phi) is 12.0. The molecule has 0 spiro atoms. The maximum atomic E-state index is 11.3. The molecule has 13 heteroatoms. The molecule has 0 radical (unpaired) electrons. The number of quaternary nitrogens is 1. The fraction of sp³-hybridized carbons (Fsp3) is 0.300. The van der Waals surface area contributed by atoms with Crippen LogP contribution >= 0.6 is 0 Å². The Bertz CT molecular complexity index is 973. The molecule has 0 heterocycles. The number of hydrogen-bond donors (Lipinski definition) is 1. The van der Waals surface area contributed by atoms with Crippen LogP contribution < -0.4 is 37.4 Å². The van der Waals surface area contributed by atoms with E-state index >= 15 is 0 Å². The van der Waals surface area contributed by atoms with Crippen molar-refractivity contribution in [3.05, 3.63) is 46.5 Å². The molecule has 0 aliphatic heterocycles. The average molecular weight is 487 g/mol. The highest BCUT2D eigenvalue weighted by Crippen LogP contribution is 2.32. The Morgan fingerprint density at radius 3 is 1.67 bits per heavy atom. The predicted molar refractivity (Wildman–Crippen MR) is 117 cm³/mol. The maximum Gasteiger partial charge on any atom is 0.413 e. The van der Waals surface area contributed by atoms with E-state index in [0.717, 1.165) is 10.6 Å². The second kappa shape index (κ2) is 13.6. The molecule has 0 aliphatic carbocycles. The van der Waals surface area contributed by atoms with Crippen LogP contribution in [0.3, 0.4) is 0 Å². The number of hydrogen-bond acceptors (Lipinski definition) is 8. The zero-order valence-corrected chi connectivity index (χ0v) is 19.9. The van der Waals surface area contributed by atoms with Gasteiger partial charge in [0.05, 0.1) is 44.7 Å². The lowest BCUT2D eigenvalue weighted by molar-refractivity contribution is -0.384. The Balaban J connectivity index is 0.000000607. The van der Waals surface area contributed by atoms with Crippen LogP contribution in [0, 0.1) is 10.1 Å². The summed E-state index contributed by atoms with van der Waals surface area (Å²) < 4.78 is 19.3. The minimum Gasteiger partial charge on any atom is -1.00 e. The Morgan fingerprint density at radius 2 is 1.27 bits per heavy atom. The molecule has 12 nitrogen and oxygen atoms in total. The summed E-state index contributed by atoms with van der Waals surface area (Å²) in [6, 6.07) is 9.30. The van der Waals surface area contributed by atoms with Gasteiger partial charge >= 0.3 is 12.2 Å². The molecule has 2 amide bonds. The van der Waals surface area contributed by atoms with Crippen LogP contribution in [-0.4, -0.2) is 59.6 Å². The van der Waals surface area contributed by atoms with Crippen molar-refractivity contribution < 1.29 is 51.6 Å². The number of carbonyl (C=O) groups is 2. The third kappa shape index (κ3) is 7.70. The average Bonchev–Trinajstić information content (AvgIpc) is 2.81. The van der Waals surface area contributed by atoms with Crippen LogP contribution in [0.4, 0.5) is 32.3 Å². The summed E-state index contributed by atoms with van der Waals surface area (Å²) in [5, 5.41) is 10.6. The van der Waals surface area contributed by atoms with Gasteiger partial charge in [-0.2, -0.15) is 0 Å². The van der Waals surface area contributed by atoms with E-state index in [4.69, 9.17) is 9.47 Å². The number of nitrogens with zero attached hydrogens (tertiary/aromatic N) is 3. The third-order valence-electron chi connectivity index (χ3n) is 4.24. The van der Waals surface area contributed by atoms with Crippen molar-refractivity contribution in [3.8, 4) is 11.5 Å². The Morgan fingerprint density at radius 1 is 0.848 bits per heavy atom. The first-order valence-corrected chi connectivity index (χ1v) is 9.06. The van der Waals surface area contributed by atoms with E-state index in [9.17, 15) is 19.7 Å². The fourth-order valence-electron chi connectivity index (χ4n) is 2.52. The summed E-state index contributed by atoms with van der Waals surface area (Å²) >= 11 is 0. The number of nitro groups is 1. The highest BCUT2D eigenvalue weighted by atomic mass is 35.5. The normalized spacial score (nSPS) is 9.30. The van der Waals surface area contributed by atoms with E-state index in [1.54, 1.807) is 26.3 Å². The molecule has 2 rings (SSSR count). The minimum absolute atomic E-state index is 0. The van der Waals surface area contributed by atoms with Crippen molar-refractivity contribution in [2.45, 2.75) is 0 Å². The van der Waals surface area contributed by atoms with E-state index in [0.29, 0.717) is 17.2 Å². The van der Waals surface area contributed by atoms with Gasteiger partial charge in [0.2, 0.25) is 0 Å². The summed E-state index contributed by atoms with van der Waals surface area (Å²) in [7, 11) is 8.57. The third-order valence-corrected chi connectivity index (χ3v) is 4.24. The number of carbonyl (C=O) groups excluding carboxylic acids is 2. The van der Waals surface area contributed by atoms with Gasteiger partial charge in [0.1, 0.15) is 17.2 Å². The van der Waals surface area contributed by atoms with Crippen LogP contribution in [0.15, 0.2) is 36.4 Å². The van der Waals surface area contributed by atoms with Gasteiger partial charge in [0.15, 0.2) is 0 Å². The summed E-state index contributed by atoms with van der Waals surface area (Å²) in [5.41, 5.74) is 5.38. The van der Waals surface area contributed by atoms with Gasteiger partial charge in [0.25, 0.3) is 5.69 Å². The molecule has 0 unspecified atom stereocenters. The van der Waals surface area contributed by atoms with Crippen molar-refractivity contribution in [2.24, 2.45) is 0 Å². The van der Waals surface area contributed by atoms with Gasteiger partial charge in [-0.05, 0) is 12.1 Å². The fourth-order valence-corrected chi connectivity index (χ4v) is 2.52. The number of non-ortho nitro benzene ring substituents is 1. The minimum atomic E-state index is -0.635. The molecule has 3 N–H and O–H groups in total. The molecule has 33 heavy (non-hydrogen) atoms. The molecule has 0 saturated carbocycles.